The number of carbonyl (C=O) groups is 1. The normalized spacial score (nSPS) is 12.0. The molecule has 0 fully saturated rings. The Bertz CT molecular complexity index is 1050. The van der Waals surface area contributed by atoms with Crippen molar-refractivity contribution >= 4 is 5.97 Å². The lowest BCUT2D eigenvalue weighted by Crippen LogP contribution is -2.14. The van der Waals surface area contributed by atoms with E-state index in [1.807, 2.05) is 0 Å². The highest BCUT2D eigenvalue weighted by Crippen LogP contribution is 2.36. The fourth-order valence-corrected chi connectivity index (χ4v) is 2.89. The monoisotopic (exact) mass is 402 g/mol. The Morgan fingerprint density at radius 3 is 2.55 bits per heavy atom. The van der Waals surface area contributed by atoms with Gasteiger partial charge in [0.25, 0.3) is 0 Å². The molecule has 152 valence electrons. The van der Waals surface area contributed by atoms with Crippen molar-refractivity contribution in [2.75, 3.05) is 6.61 Å². The Morgan fingerprint density at radius 1 is 1.17 bits per heavy atom. The fourth-order valence-electron chi connectivity index (χ4n) is 2.89. The van der Waals surface area contributed by atoms with Gasteiger partial charge < -0.3 is 23.8 Å². The van der Waals surface area contributed by atoms with E-state index in [1.165, 1.54) is 24.3 Å². The summed E-state index contributed by atoms with van der Waals surface area (Å²) in [4.78, 5) is 24.1. The summed E-state index contributed by atoms with van der Waals surface area (Å²) in [6.45, 7) is 1.24. The molecule has 29 heavy (non-hydrogen) atoms. The standard InChI is InChI=1S/C21H19FO7/c1-2-27-19(25)10-15(21-20(26)16(24)9-14(11-23)28-21)18-8-7-17(29-18)12-3-5-13(22)6-4-12/h3-9,15,23,26H,2,10-11H2,1H3/t15-/m0/s1. The predicted octanol–water partition coefficient (Wildman–Crippen LogP) is 3.32. The molecule has 0 aliphatic carbocycles. The third-order valence-electron chi connectivity index (χ3n) is 4.25. The lowest BCUT2D eigenvalue weighted by atomic mass is 9.98. The summed E-state index contributed by atoms with van der Waals surface area (Å²) in [7, 11) is 0. The Balaban J connectivity index is 2.05. The molecule has 0 bridgehead atoms. The van der Waals surface area contributed by atoms with Crippen molar-refractivity contribution in [3.63, 3.8) is 0 Å². The van der Waals surface area contributed by atoms with Gasteiger partial charge in [-0.1, -0.05) is 0 Å². The number of hydrogen-bond donors (Lipinski definition) is 2. The molecule has 0 saturated carbocycles. The molecule has 8 heteroatoms. The number of hydrogen-bond acceptors (Lipinski definition) is 7. The van der Waals surface area contributed by atoms with Crippen LogP contribution >= 0.6 is 0 Å². The van der Waals surface area contributed by atoms with Crippen LogP contribution in [-0.2, 0) is 16.1 Å². The summed E-state index contributed by atoms with van der Waals surface area (Å²) in [5.41, 5.74) is -0.156. The number of halogens is 1. The highest BCUT2D eigenvalue weighted by Gasteiger charge is 2.29. The van der Waals surface area contributed by atoms with Crippen molar-refractivity contribution < 1.29 is 33.0 Å². The SMILES string of the molecule is CCOC(=O)C[C@@H](c1ccc(-c2ccc(F)cc2)o1)c1oc(CO)cc(=O)c1O. The van der Waals surface area contributed by atoms with Crippen molar-refractivity contribution in [2.45, 2.75) is 25.9 Å². The molecule has 2 heterocycles. The Kier molecular flexibility index (Phi) is 6.13. The van der Waals surface area contributed by atoms with Crippen LogP contribution in [0.5, 0.6) is 5.75 Å². The molecule has 7 nitrogen and oxygen atoms in total. The average Bonchev–Trinajstić information content (AvgIpc) is 3.19. The molecule has 3 rings (SSSR count). The summed E-state index contributed by atoms with van der Waals surface area (Å²) in [5, 5.41) is 19.5. The number of benzene rings is 1. The number of furan rings is 1. The van der Waals surface area contributed by atoms with Crippen molar-refractivity contribution in [3.05, 3.63) is 75.8 Å². The number of aromatic hydroxyl groups is 1. The van der Waals surface area contributed by atoms with Crippen LogP contribution in [0.2, 0.25) is 0 Å². The quantitative estimate of drug-likeness (QED) is 0.583. The lowest BCUT2D eigenvalue weighted by molar-refractivity contribution is -0.143. The third-order valence-corrected chi connectivity index (χ3v) is 4.25. The summed E-state index contributed by atoms with van der Waals surface area (Å²) in [5.74, 6) is -2.29. The summed E-state index contributed by atoms with van der Waals surface area (Å²) in [6, 6.07) is 9.77. The average molecular weight is 402 g/mol. The van der Waals surface area contributed by atoms with Gasteiger partial charge in [-0.2, -0.15) is 0 Å². The minimum atomic E-state index is -0.970. The Labute approximate surface area is 165 Å². The van der Waals surface area contributed by atoms with E-state index in [9.17, 15) is 24.2 Å². The highest BCUT2D eigenvalue weighted by molar-refractivity contribution is 5.71. The van der Waals surface area contributed by atoms with E-state index >= 15 is 0 Å². The minimum absolute atomic E-state index is 0.0676. The van der Waals surface area contributed by atoms with Crippen LogP contribution in [-0.4, -0.2) is 22.8 Å². The first-order valence-electron chi connectivity index (χ1n) is 8.91. The molecular formula is C21H19FO7. The van der Waals surface area contributed by atoms with E-state index in [4.69, 9.17) is 13.6 Å². The van der Waals surface area contributed by atoms with Gasteiger partial charge in [-0.3, -0.25) is 9.59 Å². The number of ether oxygens (including phenoxy) is 1. The number of carbonyl (C=O) groups excluding carboxylic acids is 1. The fraction of sp³-hybridized carbons (Fsp3) is 0.238. The van der Waals surface area contributed by atoms with Gasteiger partial charge in [0.15, 0.2) is 5.76 Å². The largest absolute Gasteiger partial charge is 0.502 e. The smallest absolute Gasteiger partial charge is 0.306 e. The number of aliphatic hydroxyl groups is 1. The van der Waals surface area contributed by atoms with Crippen LogP contribution in [0.25, 0.3) is 11.3 Å². The van der Waals surface area contributed by atoms with E-state index in [1.54, 1.807) is 19.1 Å². The number of aliphatic hydroxyl groups excluding tert-OH is 1. The zero-order valence-electron chi connectivity index (χ0n) is 15.6. The van der Waals surface area contributed by atoms with Crippen LogP contribution in [0.1, 0.15) is 36.5 Å². The van der Waals surface area contributed by atoms with E-state index in [0.717, 1.165) is 6.07 Å². The maximum Gasteiger partial charge on any atom is 0.306 e. The van der Waals surface area contributed by atoms with Crippen LogP contribution in [0.15, 0.2) is 56.1 Å². The molecule has 0 amide bonds. The molecule has 0 aliphatic rings. The molecule has 2 N–H and O–H groups in total. The van der Waals surface area contributed by atoms with Gasteiger partial charge in [0.1, 0.15) is 29.7 Å². The maximum atomic E-state index is 13.2. The van der Waals surface area contributed by atoms with Gasteiger partial charge in [-0.25, -0.2) is 4.39 Å². The molecular weight excluding hydrogens is 383 g/mol. The molecule has 0 aliphatic heterocycles. The number of esters is 1. The number of rotatable bonds is 7. The van der Waals surface area contributed by atoms with Gasteiger partial charge in [-0.15, -0.1) is 0 Å². The van der Waals surface area contributed by atoms with Crippen LogP contribution in [0.4, 0.5) is 4.39 Å². The second-order valence-electron chi connectivity index (χ2n) is 6.22. The van der Waals surface area contributed by atoms with E-state index < -0.39 is 35.5 Å². The van der Waals surface area contributed by atoms with Gasteiger partial charge in [0.2, 0.25) is 11.2 Å². The lowest BCUT2D eigenvalue weighted by Gasteiger charge is -2.15. The van der Waals surface area contributed by atoms with Crippen molar-refractivity contribution in [1.29, 1.82) is 0 Å². The summed E-state index contributed by atoms with van der Waals surface area (Å²) < 4.78 is 29.4. The second-order valence-corrected chi connectivity index (χ2v) is 6.22. The van der Waals surface area contributed by atoms with Crippen molar-refractivity contribution in [1.82, 2.24) is 0 Å². The van der Waals surface area contributed by atoms with Crippen molar-refractivity contribution in [2.24, 2.45) is 0 Å². The molecule has 1 atom stereocenters. The highest BCUT2D eigenvalue weighted by atomic mass is 19.1. The molecule has 0 spiro atoms. The summed E-state index contributed by atoms with van der Waals surface area (Å²) >= 11 is 0. The van der Waals surface area contributed by atoms with Crippen LogP contribution in [0.3, 0.4) is 0 Å². The minimum Gasteiger partial charge on any atom is -0.502 e. The zero-order valence-corrected chi connectivity index (χ0v) is 15.6. The first-order valence-corrected chi connectivity index (χ1v) is 8.91. The molecule has 3 aromatic rings. The second kappa shape index (κ2) is 8.74. The first-order chi connectivity index (χ1) is 13.9. The van der Waals surface area contributed by atoms with Crippen LogP contribution < -0.4 is 5.43 Å². The summed E-state index contributed by atoms with van der Waals surface area (Å²) in [6.07, 6.45) is -0.268. The van der Waals surface area contributed by atoms with E-state index in [0.29, 0.717) is 11.3 Å². The van der Waals surface area contributed by atoms with Gasteiger partial charge >= 0.3 is 5.97 Å². The molecule has 0 unspecified atom stereocenters. The van der Waals surface area contributed by atoms with Gasteiger partial charge in [0, 0.05) is 11.6 Å². The molecule has 0 saturated heterocycles. The van der Waals surface area contributed by atoms with E-state index in [2.05, 4.69) is 0 Å². The molecule has 1 aromatic carbocycles. The van der Waals surface area contributed by atoms with Gasteiger partial charge in [0.05, 0.1) is 18.9 Å². The molecule has 0 radical (unpaired) electrons. The predicted molar refractivity (Wildman–Crippen MR) is 99.8 cm³/mol. The Morgan fingerprint density at radius 2 is 1.90 bits per heavy atom. The van der Waals surface area contributed by atoms with Crippen LogP contribution in [0, 0.1) is 5.82 Å². The van der Waals surface area contributed by atoms with Gasteiger partial charge in [-0.05, 0) is 43.3 Å². The first kappa shape index (κ1) is 20.3. The topological polar surface area (TPSA) is 110 Å². The molecule has 2 aromatic heterocycles. The zero-order chi connectivity index (χ0) is 21.0. The third kappa shape index (κ3) is 4.55. The van der Waals surface area contributed by atoms with Crippen molar-refractivity contribution in [3.8, 4) is 17.1 Å². The maximum absolute atomic E-state index is 13.2. The Hall–Kier alpha value is -3.39. The van der Waals surface area contributed by atoms with E-state index in [-0.39, 0.29) is 30.3 Å².